The Labute approximate surface area is 107 Å². The lowest BCUT2D eigenvalue weighted by atomic mass is 10.2. The van der Waals surface area contributed by atoms with Crippen molar-refractivity contribution in [1.82, 2.24) is 9.97 Å². The van der Waals surface area contributed by atoms with E-state index in [2.05, 4.69) is 9.97 Å². The zero-order valence-electron chi connectivity index (χ0n) is 9.42. The number of nitrogens with zero attached hydrogens (tertiary/aromatic N) is 2. The molecule has 1 heterocycles. The van der Waals surface area contributed by atoms with E-state index in [1.54, 1.807) is 19.2 Å². The Morgan fingerprint density at radius 1 is 1.39 bits per heavy atom. The number of aromatic nitrogens is 2. The first-order chi connectivity index (χ1) is 8.58. The van der Waals surface area contributed by atoms with Crippen molar-refractivity contribution in [3.63, 3.8) is 0 Å². The first-order valence-corrected chi connectivity index (χ1v) is 5.89. The molecule has 1 aromatic carbocycles. The standard InChI is InChI=1S/C12H9FN2O2S/c1-7-5-6-14-12(15-7)18-10-8(11(16)17)3-2-4-9(10)13/h2-6H,1H3,(H,16,17). The largest absolute Gasteiger partial charge is 0.478 e. The first-order valence-electron chi connectivity index (χ1n) is 5.07. The average molecular weight is 264 g/mol. The van der Waals surface area contributed by atoms with Gasteiger partial charge in [-0.25, -0.2) is 19.2 Å². The minimum absolute atomic E-state index is 0.0237. The van der Waals surface area contributed by atoms with Gasteiger partial charge in [-0.2, -0.15) is 0 Å². The fraction of sp³-hybridized carbons (Fsp3) is 0.0833. The minimum Gasteiger partial charge on any atom is -0.478 e. The van der Waals surface area contributed by atoms with E-state index in [0.717, 1.165) is 17.5 Å². The maximum Gasteiger partial charge on any atom is 0.336 e. The highest BCUT2D eigenvalue weighted by molar-refractivity contribution is 7.99. The van der Waals surface area contributed by atoms with Gasteiger partial charge in [0.1, 0.15) is 5.82 Å². The predicted molar refractivity (Wildman–Crippen MR) is 64.3 cm³/mol. The molecule has 0 radical (unpaired) electrons. The van der Waals surface area contributed by atoms with Gasteiger partial charge in [0.25, 0.3) is 0 Å². The molecule has 0 atom stereocenters. The molecule has 0 saturated heterocycles. The number of aryl methyl sites for hydroxylation is 1. The average Bonchev–Trinajstić information content (AvgIpc) is 2.31. The molecule has 6 heteroatoms. The molecule has 0 saturated carbocycles. The predicted octanol–water partition coefficient (Wildman–Crippen LogP) is 2.77. The van der Waals surface area contributed by atoms with Crippen LogP contribution in [0.2, 0.25) is 0 Å². The van der Waals surface area contributed by atoms with Crippen molar-refractivity contribution in [1.29, 1.82) is 0 Å². The third-order valence-corrected chi connectivity index (χ3v) is 3.16. The van der Waals surface area contributed by atoms with E-state index >= 15 is 0 Å². The SMILES string of the molecule is Cc1ccnc(Sc2c(F)cccc2C(=O)O)n1. The van der Waals surface area contributed by atoms with Crippen molar-refractivity contribution in [2.75, 3.05) is 0 Å². The number of benzene rings is 1. The number of carboxylic acid groups (broad SMARTS) is 1. The second-order valence-electron chi connectivity index (χ2n) is 3.50. The van der Waals surface area contributed by atoms with Gasteiger partial charge in [0, 0.05) is 11.9 Å². The van der Waals surface area contributed by atoms with Crippen LogP contribution in [0.1, 0.15) is 16.1 Å². The number of hydrogen-bond acceptors (Lipinski definition) is 4. The zero-order valence-corrected chi connectivity index (χ0v) is 10.2. The van der Waals surface area contributed by atoms with Gasteiger partial charge in [0.05, 0.1) is 10.5 Å². The third kappa shape index (κ3) is 2.65. The van der Waals surface area contributed by atoms with Crippen LogP contribution in [0.5, 0.6) is 0 Å². The van der Waals surface area contributed by atoms with Gasteiger partial charge in [-0.3, -0.25) is 0 Å². The maximum absolute atomic E-state index is 13.7. The minimum atomic E-state index is -1.18. The molecule has 1 aromatic heterocycles. The Morgan fingerprint density at radius 2 is 2.17 bits per heavy atom. The van der Waals surface area contributed by atoms with E-state index in [4.69, 9.17) is 5.11 Å². The van der Waals surface area contributed by atoms with Crippen molar-refractivity contribution >= 4 is 17.7 Å². The Hall–Kier alpha value is -1.95. The van der Waals surface area contributed by atoms with Crippen LogP contribution >= 0.6 is 11.8 Å². The maximum atomic E-state index is 13.7. The molecule has 0 aliphatic carbocycles. The summed E-state index contributed by atoms with van der Waals surface area (Å²) < 4.78 is 13.7. The molecule has 0 unspecified atom stereocenters. The van der Waals surface area contributed by atoms with Crippen LogP contribution in [0.3, 0.4) is 0 Å². The summed E-state index contributed by atoms with van der Waals surface area (Å²) >= 11 is 0.905. The van der Waals surface area contributed by atoms with Gasteiger partial charge in [-0.1, -0.05) is 6.07 Å². The van der Waals surface area contributed by atoms with Crippen LogP contribution in [0, 0.1) is 12.7 Å². The molecule has 18 heavy (non-hydrogen) atoms. The highest BCUT2D eigenvalue weighted by atomic mass is 32.2. The van der Waals surface area contributed by atoms with Gasteiger partial charge in [0.15, 0.2) is 5.16 Å². The number of halogens is 1. The zero-order chi connectivity index (χ0) is 13.1. The fourth-order valence-corrected chi connectivity index (χ4v) is 2.26. The van der Waals surface area contributed by atoms with Crippen LogP contribution in [0.4, 0.5) is 4.39 Å². The molecule has 0 spiro atoms. The molecule has 1 N–H and O–H groups in total. The number of carbonyl (C=O) groups is 1. The van der Waals surface area contributed by atoms with Gasteiger partial charge in [-0.05, 0) is 36.9 Å². The fourth-order valence-electron chi connectivity index (χ4n) is 1.35. The Kier molecular flexibility index (Phi) is 3.57. The number of aromatic carboxylic acids is 1. The lowest BCUT2D eigenvalue weighted by molar-refractivity contribution is 0.0692. The molecular formula is C12H9FN2O2S. The summed E-state index contributed by atoms with van der Waals surface area (Å²) in [6.45, 7) is 1.78. The van der Waals surface area contributed by atoms with E-state index in [1.165, 1.54) is 18.2 Å². The lowest BCUT2D eigenvalue weighted by Gasteiger charge is -2.06. The van der Waals surface area contributed by atoms with Crippen molar-refractivity contribution in [3.05, 3.63) is 47.5 Å². The van der Waals surface area contributed by atoms with Crippen molar-refractivity contribution < 1.29 is 14.3 Å². The van der Waals surface area contributed by atoms with E-state index in [1.807, 2.05) is 0 Å². The Balaban J connectivity index is 2.42. The van der Waals surface area contributed by atoms with E-state index in [9.17, 15) is 9.18 Å². The molecule has 4 nitrogen and oxygen atoms in total. The smallest absolute Gasteiger partial charge is 0.336 e. The van der Waals surface area contributed by atoms with Crippen LogP contribution in [-0.4, -0.2) is 21.0 Å². The van der Waals surface area contributed by atoms with Gasteiger partial charge >= 0.3 is 5.97 Å². The molecule has 0 aliphatic heterocycles. The van der Waals surface area contributed by atoms with Crippen molar-refractivity contribution in [3.8, 4) is 0 Å². The monoisotopic (exact) mass is 264 g/mol. The molecule has 92 valence electrons. The highest BCUT2D eigenvalue weighted by Crippen LogP contribution is 2.30. The van der Waals surface area contributed by atoms with E-state index in [-0.39, 0.29) is 10.5 Å². The Morgan fingerprint density at radius 3 is 2.83 bits per heavy atom. The normalized spacial score (nSPS) is 10.3. The van der Waals surface area contributed by atoms with E-state index in [0.29, 0.717) is 5.16 Å². The van der Waals surface area contributed by atoms with Gasteiger partial charge in [0.2, 0.25) is 0 Å². The molecule has 0 fully saturated rings. The lowest BCUT2D eigenvalue weighted by Crippen LogP contribution is -2.01. The summed E-state index contributed by atoms with van der Waals surface area (Å²) in [5.74, 6) is -1.77. The van der Waals surface area contributed by atoms with Crippen LogP contribution in [-0.2, 0) is 0 Å². The quantitative estimate of drug-likeness (QED) is 0.864. The third-order valence-electron chi connectivity index (χ3n) is 2.16. The summed E-state index contributed by atoms with van der Waals surface area (Å²) in [5.41, 5.74) is 0.644. The topological polar surface area (TPSA) is 63.1 Å². The summed E-state index contributed by atoms with van der Waals surface area (Å²) in [4.78, 5) is 19.1. The van der Waals surface area contributed by atoms with Crippen LogP contribution in [0.15, 0.2) is 40.5 Å². The van der Waals surface area contributed by atoms with E-state index < -0.39 is 11.8 Å². The first kappa shape index (κ1) is 12.5. The molecule has 0 aliphatic rings. The number of hydrogen-bond donors (Lipinski definition) is 1. The molecule has 0 amide bonds. The van der Waals surface area contributed by atoms with Crippen LogP contribution < -0.4 is 0 Å². The molecule has 2 rings (SSSR count). The Bertz CT molecular complexity index is 604. The summed E-state index contributed by atoms with van der Waals surface area (Å²) in [7, 11) is 0. The van der Waals surface area contributed by atoms with Crippen LogP contribution in [0.25, 0.3) is 0 Å². The van der Waals surface area contributed by atoms with Gasteiger partial charge < -0.3 is 5.11 Å². The summed E-state index contributed by atoms with van der Waals surface area (Å²) in [6, 6.07) is 5.64. The molecule has 2 aromatic rings. The van der Waals surface area contributed by atoms with Crippen molar-refractivity contribution in [2.24, 2.45) is 0 Å². The van der Waals surface area contributed by atoms with Crippen molar-refractivity contribution in [2.45, 2.75) is 17.0 Å². The number of rotatable bonds is 3. The summed E-state index contributed by atoms with van der Waals surface area (Å²) in [6.07, 6.45) is 1.55. The second kappa shape index (κ2) is 5.14. The number of carboxylic acids is 1. The van der Waals surface area contributed by atoms with Gasteiger partial charge in [-0.15, -0.1) is 0 Å². The molecular weight excluding hydrogens is 255 g/mol. The highest BCUT2D eigenvalue weighted by Gasteiger charge is 2.16. The second-order valence-corrected chi connectivity index (χ2v) is 4.48. The molecule has 0 bridgehead atoms. The summed E-state index contributed by atoms with van der Waals surface area (Å²) in [5, 5.41) is 9.32.